The Hall–Kier alpha value is -1.12. The van der Waals surface area contributed by atoms with Crippen LogP contribution in [0, 0.1) is 0 Å². The van der Waals surface area contributed by atoms with Gasteiger partial charge in [0.15, 0.2) is 0 Å². The number of morpholine rings is 1. The molecule has 2 unspecified atom stereocenters. The van der Waals surface area contributed by atoms with Crippen molar-refractivity contribution in [1.82, 2.24) is 14.7 Å². The third-order valence-corrected chi connectivity index (χ3v) is 4.18. The number of carbonyl (C=O) groups is 1. The molecule has 1 aliphatic heterocycles. The molecule has 1 fully saturated rings. The molecule has 130 valence electrons. The molecule has 0 saturated carbocycles. The summed E-state index contributed by atoms with van der Waals surface area (Å²) in [6.07, 6.45) is 0.284. The largest absolute Gasteiger partial charge is 0.444 e. The van der Waals surface area contributed by atoms with Crippen molar-refractivity contribution in [2.45, 2.75) is 52.0 Å². The Morgan fingerprint density at radius 1 is 1.61 bits per heavy atom. The number of ether oxygens (including phenoxy) is 2. The molecular weight excluding hydrogens is 366 g/mol. The summed E-state index contributed by atoms with van der Waals surface area (Å²) in [6, 6.07) is -0.517. The van der Waals surface area contributed by atoms with Crippen molar-refractivity contribution in [3.63, 3.8) is 0 Å². The van der Waals surface area contributed by atoms with Gasteiger partial charge in [-0.3, -0.25) is 9.58 Å². The summed E-state index contributed by atoms with van der Waals surface area (Å²) in [6.45, 7) is 9.09. The quantitative estimate of drug-likeness (QED) is 0.858. The van der Waals surface area contributed by atoms with Crippen LogP contribution < -0.4 is 0 Å². The number of aromatic nitrogens is 2. The number of rotatable bonds is 3. The molecule has 0 aromatic carbocycles. The Morgan fingerprint density at radius 3 is 2.91 bits per heavy atom. The Morgan fingerprint density at radius 2 is 2.30 bits per heavy atom. The maximum Gasteiger partial charge on any atom is 0.410 e. The van der Waals surface area contributed by atoms with Crippen LogP contribution in [0.1, 0.15) is 39.5 Å². The van der Waals surface area contributed by atoms with Gasteiger partial charge in [-0.25, -0.2) is 4.79 Å². The normalized spacial score (nSPS) is 20.4. The molecule has 1 aromatic heterocycles. The average Bonchev–Trinajstić information content (AvgIpc) is 2.85. The molecule has 1 aliphatic rings. The van der Waals surface area contributed by atoms with Crippen molar-refractivity contribution >= 4 is 22.0 Å². The number of aliphatic hydroxyl groups is 1. The summed E-state index contributed by atoms with van der Waals surface area (Å²) in [7, 11) is 0. The lowest BCUT2D eigenvalue weighted by Gasteiger charge is -2.38. The lowest BCUT2D eigenvalue weighted by atomic mass is 10.1. The highest BCUT2D eigenvalue weighted by Gasteiger charge is 2.38. The Kier molecular flexibility index (Phi) is 5.70. The molecule has 23 heavy (non-hydrogen) atoms. The lowest BCUT2D eigenvalue weighted by molar-refractivity contribution is -0.0690. The minimum atomic E-state index is -0.917. The zero-order valence-corrected chi connectivity index (χ0v) is 15.5. The number of amides is 1. The van der Waals surface area contributed by atoms with Crippen LogP contribution in [0.25, 0.3) is 0 Å². The highest BCUT2D eigenvalue weighted by atomic mass is 79.9. The molecule has 1 aromatic rings. The standard InChI is InChI=1S/C15H24BrN3O4/c1-5-19-12(10(16)8-17-19)13(20)11-9-22-7-6-18(11)14(21)23-15(2,3)4/h8,11,13,20H,5-7,9H2,1-4H3. The molecular formula is C15H24BrN3O4. The zero-order chi connectivity index (χ0) is 17.2. The van der Waals surface area contributed by atoms with Gasteiger partial charge in [0.05, 0.1) is 35.6 Å². The van der Waals surface area contributed by atoms with Crippen LogP contribution in [0.5, 0.6) is 0 Å². The van der Waals surface area contributed by atoms with Crippen molar-refractivity contribution in [1.29, 1.82) is 0 Å². The highest BCUT2D eigenvalue weighted by Crippen LogP contribution is 2.30. The summed E-state index contributed by atoms with van der Waals surface area (Å²) >= 11 is 3.41. The first kappa shape index (κ1) is 18.2. The summed E-state index contributed by atoms with van der Waals surface area (Å²) < 4.78 is 13.3. The van der Waals surface area contributed by atoms with Crippen molar-refractivity contribution in [2.75, 3.05) is 19.8 Å². The van der Waals surface area contributed by atoms with Gasteiger partial charge in [0.25, 0.3) is 0 Å². The fourth-order valence-corrected chi connectivity index (χ4v) is 3.06. The van der Waals surface area contributed by atoms with E-state index >= 15 is 0 Å². The van der Waals surface area contributed by atoms with Gasteiger partial charge in [0, 0.05) is 13.1 Å². The van der Waals surface area contributed by atoms with Gasteiger partial charge >= 0.3 is 6.09 Å². The minimum Gasteiger partial charge on any atom is -0.444 e. The monoisotopic (exact) mass is 389 g/mol. The van der Waals surface area contributed by atoms with Crippen LogP contribution in [-0.2, 0) is 16.0 Å². The molecule has 0 radical (unpaired) electrons. The molecule has 0 spiro atoms. The van der Waals surface area contributed by atoms with E-state index in [2.05, 4.69) is 21.0 Å². The van der Waals surface area contributed by atoms with Gasteiger partial charge in [-0.05, 0) is 43.6 Å². The van der Waals surface area contributed by atoms with Gasteiger partial charge in [0.2, 0.25) is 0 Å². The van der Waals surface area contributed by atoms with Crippen molar-refractivity contribution < 1.29 is 19.4 Å². The molecule has 1 amide bonds. The number of aryl methyl sites for hydroxylation is 1. The van der Waals surface area contributed by atoms with E-state index in [1.807, 2.05) is 27.7 Å². The number of aliphatic hydroxyl groups excluding tert-OH is 1. The van der Waals surface area contributed by atoms with E-state index in [9.17, 15) is 9.90 Å². The molecule has 1 saturated heterocycles. The molecule has 2 heterocycles. The Bertz CT molecular complexity index is 555. The van der Waals surface area contributed by atoms with Crippen molar-refractivity contribution in [3.05, 3.63) is 16.4 Å². The number of hydrogen-bond acceptors (Lipinski definition) is 5. The fourth-order valence-electron chi connectivity index (χ4n) is 2.53. The third kappa shape index (κ3) is 4.24. The van der Waals surface area contributed by atoms with Gasteiger partial charge in [-0.15, -0.1) is 0 Å². The van der Waals surface area contributed by atoms with E-state index < -0.39 is 23.8 Å². The number of hydrogen-bond donors (Lipinski definition) is 1. The first-order chi connectivity index (χ1) is 10.7. The SMILES string of the molecule is CCn1ncc(Br)c1C(O)C1COCCN1C(=O)OC(C)(C)C. The topological polar surface area (TPSA) is 76.8 Å². The van der Waals surface area contributed by atoms with E-state index in [0.717, 1.165) is 0 Å². The minimum absolute atomic E-state index is 0.252. The number of carbonyl (C=O) groups excluding carboxylic acids is 1. The molecule has 2 atom stereocenters. The second kappa shape index (κ2) is 7.19. The lowest BCUT2D eigenvalue weighted by Crippen LogP contribution is -2.53. The smallest absolute Gasteiger partial charge is 0.410 e. The van der Waals surface area contributed by atoms with Gasteiger partial charge in [-0.2, -0.15) is 5.10 Å². The molecule has 8 heteroatoms. The van der Waals surface area contributed by atoms with Crippen LogP contribution in [0.3, 0.4) is 0 Å². The average molecular weight is 390 g/mol. The van der Waals surface area contributed by atoms with E-state index in [4.69, 9.17) is 9.47 Å². The highest BCUT2D eigenvalue weighted by molar-refractivity contribution is 9.10. The first-order valence-corrected chi connectivity index (χ1v) is 8.50. The predicted molar refractivity (Wildman–Crippen MR) is 88.1 cm³/mol. The van der Waals surface area contributed by atoms with Crippen LogP contribution in [0.2, 0.25) is 0 Å². The van der Waals surface area contributed by atoms with E-state index in [-0.39, 0.29) is 6.61 Å². The molecule has 0 bridgehead atoms. The van der Waals surface area contributed by atoms with E-state index in [0.29, 0.717) is 29.9 Å². The van der Waals surface area contributed by atoms with Gasteiger partial charge < -0.3 is 14.6 Å². The van der Waals surface area contributed by atoms with Crippen molar-refractivity contribution in [3.8, 4) is 0 Å². The second-order valence-electron chi connectivity index (χ2n) is 6.45. The third-order valence-electron chi connectivity index (χ3n) is 3.57. The Balaban J connectivity index is 2.23. The number of nitrogens with zero attached hydrogens (tertiary/aromatic N) is 3. The summed E-state index contributed by atoms with van der Waals surface area (Å²) in [5, 5.41) is 15.0. The summed E-state index contributed by atoms with van der Waals surface area (Å²) in [5.41, 5.74) is 0.0491. The van der Waals surface area contributed by atoms with Crippen LogP contribution in [-0.4, -0.2) is 57.3 Å². The number of halogens is 1. The van der Waals surface area contributed by atoms with Crippen LogP contribution in [0.15, 0.2) is 10.7 Å². The van der Waals surface area contributed by atoms with Crippen molar-refractivity contribution in [2.24, 2.45) is 0 Å². The molecule has 2 rings (SSSR count). The maximum absolute atomic E-state index is 12.4. The molecule has 0 aliphatic carbocycles. The van der Waals surface area contributed by atoms with E-state index in [1.165, 1.54) is 0 Å². The zero-order valence-electron chi connectivity index (χ0n) is 14.0. The van der Waals surface area contributed by atoms with Crippen LogP contribution in [0.4, 0.5) is 4.79 Å². The molecule has 1 N–H and O–H groups in total. The van der Waals surface area contributed by atoms with Crippen LogP contribution >= 0.6 is 15.9 Å². The molecule has 7 nitrogen and oxygen atoms in total. The van der Waals surface area contributed by atoms with Gasteiger partial charge in [0.1, 0.15) is 11.7 Å². The summed E-state index contributed by atoms with van der Waals surface area (Å²) in [5.74, 6) is 0. The summed E-state index contributed by atoms with van der Waals surface area (Å²) in [4.78, 5) is 14.0. The van der Waals surface area contributed by atoms with E-state index in [1.54, 1.807) is 15.8 Å². The predicted octanol–water partition coefficient (Wildman–Crippen LogP) is 2.33. The Labute approximate surface area is 144 Å². The first-order valence-electron chi connectivity index (χ1n) is 7.71. The van der Waals surface area contributed by atoms with Gasteiger partial charge in [-0.1, -0.05) is 0 Å². The fraction of sp³-hybridized carbons (Fsp3) is 0.733. The maximum atomic E-state index is 12.4. The second-order valence-corrected chi connectivity index (χ2v) is 7.31.